The third-order valence-electron chi connectivity index (χ3n) is 3.86. The Hall–Kier alpha value is -0.430. The smallest absolute Gasteiger partial charge is 0.252 e. The van der Waals surface area contributed by atoms with Gasteiger partial charge in [-0.1, -0.05) is 6.07 Å². The number of hydrogen-bond acceptors (Lipinski definition) is 4. The number of thiophene rings is 1. The molecule has 6 heteroatoms. The highest BCUT2D eigenvalue weighted by Crippen LogP contribution is 2.35. The Labute approximate surface area is 106 Å². The molecule has 3 rings (SSSR count). The minimum absolute atomic E-state index is 0.187. The van der Waals surface area contributed by atoms with Gasteiger partial charge in [0.15, 0.2) is 0 Å². The standard InChI is InChI=1S/C11H16N2O2S2/c1-12-6-4-10-9(12)5-7-13(10)17(14,15)11-3-2-8-16-11/h2-3,8-10H,4-7H2,1H3/t9-,10-/m0/s1. The van der Waals surface area contributed by atoms with E-state index in [-0.39, 0.29) is 6.04 Å². The zero-order valence-electron chi connectivity index (χ0n) is 9.74. The highest BCUT2D eigenvalue weighted by atomic mass is 32.2. The van der Waals surface area contributed by atoms with Crippen molar-refractivity contribution in [2.24, 2.45) is 0 Å². The molecule has 0 saturated carbocycles. The Balaban J connectivity index is 1.91. The first-order valence-electron chi connectivity index (χ1n) is 5.86. The molecule has 1 aromatic heterocycles. The number of likely N-dealkylation sites (N-methyl/N-ethyl adjacent to an activating group) is 1. The summed E-state index contributed by atoms with van der Waals surface area (Å²) in [6.07, 6.45) is 1.93. The molecule has 2 aliphatic heterocycles. The normalized spacial score (nSPS) is 30.9. The summed E-state index contributed by atoms with van der Waals surface area (Å²) < 4.78 is 27.1. The Morgan fingerprint density at radius 2 is 2.06 bits per heavy atom. The minimum Gasteiger partial charge on any atom is -0.302 e. The fourth-order valence-electron chi connectivity index (χ4n) is 2.99. The molecular weight excluding hydrogens is 256 g/mol. The molecule has 0 radical (unpaired) electrons. The van der Waals surface area contributed by atoms with Crippen molar-refractivity contribution in [1.82, 2.24) is 9.21 Å². The lowest BCUT2D eigenvalue weighted by molar-refractivity contribution is 0.300. The van der Waals surface area contributed by atoms with Gasteiger partial charge in [0.2, 0.25) is 0 Å². The average Bonchev–Trinajstić information content (AvgIpc) is 2.96. The fourth-order valence-corrected chi connectivity index (χ4v) is 5.80. The lowest BCUT2D eigenvalue weighted by Crippen LogP contribution is -2.38. The second-order valence-electron chi connectivity index (χ2n) is 4.74. The molecule has 0 bridgehead atoms. The van der Waals surface area contributed by atoms with E-state index in [1.54, 1.807) is 16.4 Å². The van der Waals surface area contributed by atoms with Crippen LogP contribution in [-0.4, -0.2) is 49.8 Å². The molecule has 0 aliphatic carbocycles. The summed E-state index contributed by atoms with van der Waals surface area (Å²) in [5.41, 5.74) is 0. The van der Waals surface area contributed by atoms with E-state index in [0.717, 1.165) is 19.4 Å². The van der Waals surface area contributed by atoms with E-state index in [2.05, 4.69) is 11.9 Å². The molecule has 0 spiro atoms. The molecule has 0 N–H and O–H groups in total. The van der Waals surface area contributed by atoms with Crippen molar-refractivity contribution in [3.63, 3.8) is 0 Å². The predicted octanol–water partition coefficient (Wildman–Crippen LogP) is 1.22. The van der Waals surface area contributed by atoms with Crippen LogP contribution >= 0.6 is 11.3 Å². The van der Waals surface area contributed by atoms with E-state index in [1.807, 2.05) is 5.38 Å². The van der Waals surface area contributed by atoms with Gasteiger partial charge in [-0.25, -0.2) is 8.42 Å². The quantitative estimate of drug-likeness (QED) is 0.812. The van der Waals surface area contributed by atoms with Crippen molar-refractivity contribution >= 4 is 21.4 Å². The van der Waals surface area contributed by atoms with E-state index < -0.39 is 10.0 Å². The minimum atomic E-state index is -3.25. The zero-order valence-corrected chi connectivity index (χ0v) is 11.4. The molecule has 0 amide bonds. The van der Waals surface area contributed by atoms with Crippen LogP contribution < -0.4 is 0 Å². The van der Waals surface area contributed by atoms with Crippen molar-refractivity contribution in [2.75, 3.05) is 20.1 Å². The van der Waals surface area contributed by atoms with E-state index >= 15 is 0 Å². The Morgan fingerprint density at radius 1 is 1.29 bits per heavy atom. The van der Waals surface area contributed by atoms with Gasteiger partial charge < -0.3 is 4.90 Å². The summed E-state index contributed by atoms with van der Waals surface area (Å²) in [4.78, 5) is 2.29. The first-order valence-corrected chi connectivity index (χ1v) is 8.18. The molecule has 2 saturated heterocycles. The van der Waals surface area contributed by atoms with Gasteiger partial charge in [0, 0.05) is 18.6 Å². The van der Waals surface area contributed by atoms with Crippen molar-refractivity contribution in [3.05, 3.63) is 17.5 Å². The summed E-state index contributed by atoms with van der Waals surface area (Å²) in [5.74, 6) is 0. The van der Waals surface area contributed by atoms with Gasteiger partial charge in [0.25, 0.3) is 10.0 Å². The number of likely N-dealkylation sites (tertiary alicyclic amines) is 1. The molecule has 2 aliphatic rings. The van der Waals surface area contributed by atoms with Crippen molar-refractivity contribution < 1.29 is 8.42 Å². The first-order chi connectivity index (χ1) is 8.10. The summed E-state index contributed by atoms with van der Waals surface area (Å²) in [5, 5.41) is 1.82. The van der Waals surface area contributed by atoms with Crippen LogP contribution in [0.4, 0.5) is 0 Å². The largest absolute Gasteiger partial charge is 0.302 e. The molecule has 2 fully saturated rings. The highest BCUT2D eigenvalue weighted by Gasteiger charge is 2.46. The number of nitrogens with zero attached hydrogens (tertiary/aromatic N) is 2. The van der Waals surface area contributed by atoms with Gasteiger partial charge in [-0.2, -0.15) is 4.31 Å². The second-order valence-corrected chi connectivity index (χ2v) is 7.81. The molecule has 2 atom stereocenters. The first kappa shape index (κ1) is 11.6. The van der Waals surface area contributed by atoms with Crippen LogP contribution in [0.2, 0.25) is 0 Å². The van der Waals surface area contributed by atoms with Gasteiger partial charge in [0.05, 0.1) is 0 Å². The van der Waals surface area contributed by atoms with Crippen LogP contribution in [0.25, 0.3) is 0 Å². The van der Waals surface area contributed by atoms with E-state index in [4.69, 9.17) is 0 Å². The molecule has 0 aromatic carbocycles. The maximum atomic E-state index is 12.5. The number of sulfonamides is 1. The Kier molecular flexibility index (Phi) is 2.77. The molecule has 4 nitrogen and oxygen atoms in total. The average molecular weight is 272 g/mol. The van der Waals surface area contributed by atoms with Crippen molar-refractivity contribution in [3.8, 4) is 0 Å². The monoisotopic (exact) mass is 272 g/mol. The molecule has 0 unspecified atom stereocenters. The predicted molar refractivity (Wildman–Crippen MR) is 67.7 cm³/mol. The Bertz CT molecular complexity index is 498. The van der Waals surface area contributed by atoms with Gasteiger partial charge in [0.1, 0.15) is 4.21 Å². The molecule has 1 aromatic rings. The van der Waals surface area contributed by atoms with Crippen LogP contribution in [0.5, 0.6) is 0 Å². The van der Waals surface area contributed by atoms with Gasteiger partial charge in [-0.05, 0) is 37.9 Å². The van der Waals surface area contributed by atoms with Crippen molar-refractivity contribution in [1.29, 1.82) is 0 Å². The Morgan fingerprint density at radius 3 is 2.76 bits per heavy atom. The SMILES string of the molecule is CN1CC[C@H]2[C@@H]1CCN2S(=O)(=O)c1cccs1. The third-order valence-corrected chi connectivity index (χ3v) is 7.16. The number of hydrogen-bond donors (Lipinski definition) is 0. The highest BCUT2D eigenvalue weighted by molar-refractivity contribution is 7.91. The number of fused-ring (bicyclic) bond motifs is 1. The van der Waals surface area contributed by atoms with E-state index in [9.17, 15) is 8.42 Å². The van der Waals surface area contributed by atoms with Crippen molar-refractivity contribution in [2.45, 2.75) is 29.1 Å². The molecule has 94 valence electrons. The van der Waals surface area contributed by atoms with Gasteiger partial charge >= 0.3 is 0 Å². The lowest BCUT2D eigenvalue weighted by Gasteiger charge is -2.22. The summed E-state index contributed by atoms with van der Waals surface area (Å²) in [6, 6.07) is 4.11. The molecule has 17 heavy (non-hydrogen) atoms. The molecule has 3 heterocycles. The summed E-state index contributed by atoms with van der Waals surface area (Å²) in [7, 11) is -1.16. The number of rotatable bonds is 2. The third kappa shape index (κ3) is 1.74. The molecular formula is C11H16N2O2S2. The van der Waals surface area contributed by atoms with Crippen LogP contribution in [0, 0.1) is 0 Å². The van der Waals surface area contributed by atoms with Crippen LogP contribution in [0.15, 0.2) is 21.7 Å². The topological polar surface area (TPSA) is 40.6 Å². The van der Waals surface area contributed by atoms with Crippen LogP contribution in [-0.2, 0) is 10.0 Å². The van der Waals surface area contributed by atoms with Crippen LogP contribution in [0.1, 0.15) is 12.8 Å². The maximum absolute atomic E-state index is 12.5. The second kappa shape index (κ2) is 4.05. The van der Waals surface area contributed by atoms with E-state index in [1.165, 1.54) is 11.3 Å². The van der Waals surface area contributed by atoms with Gasteiger partial charge in [-0.3, -0.25) is 0 Å². The lowest BCUT2D eigenvalue weighted by atomic mass is 10.1. The maximum Gasteiger partial charge on any atom is 0.252 e. The fraction of sp³-hybridized carbons (Fsp3) is 0.636. The van der Waals surface area contributed by atoms with E-state index in [0.29, 0.717) is 16.8 Å². The van der Waals surface area contributed by atoms with Crippen LogP contribution in [0.3, 0.4) is 0 Å². The summed E-state index contributed by atoms with van der Waals surface area (Å²) in [6.45, 7) is 1.67. The summed E-state index contributed by atoms with van der Waals surface area (Å²) >= 11 is 1.31. The van der Waals surface area contributed by atoms with Gasteiger partial charge in [-0.15, -0.1) is 11.3 Å². The zero-order chi connectivity index (χ0) is 12.0.